The third kappa shape index (κ3) is 3.32. The lowest BCUT2D eigenvalue weighted by molar-refractivity contribution is 0.100. The number of carbonyl (C=O) groups is 2. The summed E-state index contributed by atoms with van der Waals surface area (Å²) >= 11 is 12.0. The molecule has 0 aliphatic carbocycles. The van der Waals surface area contributed by atoms with Crippen molar-refractivity contribution in [3.8, 4) is 5.75 Å². The van der Waals surface area contributed by atoms with Crippen LogP contribution in [0.1, 0.15) is 20.7 Å². The molecule has 0 fully saturated rings. The molecule has 114 valence electrons. The molecule has 7 heteroatoms. The third-order valence-corrected chi connectivity index (χ3v) is 3.47. The summed E-state index contributed by atoms with van der Waals surface area (Å²) in [7, 11) is 1.43. The Bertz CT molecular complexity index is 724. The zero-order valence-corrected chi connectivity index (χ0v) is 13.0. The smallest absolute Gasteiger partial charge is 0.255 e. The number of carbonyl (C=O) groups excluding carboxylic acids is 2. The van der Waals surface area contributed by atoms with Gasteiger partial charge in [-0.1, -0.05) is 35.3 Å². The van der Waals surface area contributed by atoms with Crippen molar-refractivity contribution in [2.75, 3.05) is 12.4 Å². The van der Waals surface area contributed by atoms with Crippen LogP contribution in [0.3, 0.4) is 0 Å². The molecular weight excluding hydrogens is 327 g/mol. The van der Waals surface area contributed by atoms with E-state index in [0.29, 0.717) is 5.69 Å². The fraction of sp³-hybridized carbons (Fsp3) is 0.0667. The van der Waals surface area contributed by atoms with E-state index in [1.54, 1.807) is 18.2 Å². The molecule has 0 heterocycles. The summed E-state index contributed by atoms with van der Waals surface area (Å²) in [5.74, 6) is -0.820. The summed E-state index contributed by atoms with van der Waals surface area (Å²) in [6, 6.07) is 9.27. The molecule has 2 rings (SSSR count). The van der Waals surface area contributed by atoms with Crippen LogP contribution in [0.2, 0.25) is 10.0 Å². The van der Waals surface area contributed by atoms with Gasteiger partial charge in [-0.3, -0.25) is 9.59 Å². The quantitative estimate of drug-likeness (QED) is 0.896. The van der Waals surface area contributed by atoms with Gasteiger partial charge in [0.25, 0.3) is 11.8 Å². The highest BCUT2D eigenvalue weighted by Crippen LogP contribution is 2.34. The summed E-state index contributed by atoms with van der Waals surface area (Å²) in [6.07, 6.45) is 0. The predicted octanol–water partition coefficient (Wildman–Crippen LogP) is 3.35. The average molecular weight is 339 g/mol. The first-order valence-corrected chi connectivity index (χ1v) is 6.93. The Kier molecular flexibility index (Phi) is 4.90. The fourth-order valence-electron chi connectivity index (χ4n) is 1.89. The Morgan fingerprint density at radius 3 is 2.27 bits per heavy atom. The Labute approximate surface area is 137 Å². The molecule has 0 radical (unpaired) electrons. The van der Waals surface area contributed by atoms with Crippen molar-refractivity contribution in [3.05, 3.63) is 57.6 Å². The Balaban J connectivity index is 2.33. The van der Waals surface area contributed by atoms with Crippen LogP contribution >= 0.6 is 23.2 Å². The minimum Gasteiger partial charge on any atom is -0.494 e. The molecule has 0 spiro atoms. The van der Waals surface area contributed by atoms with Gasteiger partial charge in [0.1, 0.15) is 0 Å². The molecule has 0 unspecified atom stereocenters. The van der Waals surface area contributed by atoms with Crippen LogP contribution in [0.15, 0.2) is 36.4 Å². The molecule has 22 heavy (non-hydrogen) atoms. The molecule has 5 nitrogen and oxygen atoms in total. The van der Waals surface area contributed by atoms with E-state index in [-0.39, 0.29) is 26.9 Å². The summed E-state index contributed by atoms with van der Waals surface area (Å²) in [5.41, 5.74) is 6.02. The van der Waals surface area contributed by atoms with Crippen LogP contribution in [0.5, 0.6) is 5.75 Å². The lowest BCUT2D eigenvalue weighted by Crippen LogP contribution is -2.18. The van der Waals surface area contributed by atoms with Crippen LogP contribution in [0.25, 0.3) is 0 Å². The van der Waals surface area contributed by atoms with Gasteiger partial charge in [-0.05, 0) is 24.3 Å². The van der Waals surface area contributed by atoms with Crippen LogP contribution in [0.4, 0.5) is 5.69 Å². The van der Waals surface area contributed by atoms with Crippen molar-refractivity contribution >= 4 is 40.7 Å². The maximum absolute atomic E-state index is 12.3. The van der Waals surface area contributed by atoms with Gasteiger partial charge in [0.05, 0.1) is 28.4 Å². The van der Waals surface area contributed by atoms with Gasteiger partial charge in [0.15, 0.2) is 5.75 Å². The number of para-hydroxylation sites is 1. The second kappa shape index (κ2) is 6.68. The number of hydrogen-bond acceptors (Lipinski definition) is 3. The van der Waals surface area contributed by atoms with E-state index in [1.807, 2.05) is 0 Å². The fourth-order valence-corrected chi connectivity index (χ4v) is 2.53. The second-order valence-electron chi connectivity index (χ2n) is 4.34. The maximum Gasteiger partial charge on any atom is 0.255 e. The van der Waals surface area contributed by atoms with Gasteiger partial charge in [-0.2, -0.15) is 0 Å². The summed E-state index contributed by atoms with van der Waals surface area (Å²) < 4.78 is 5.02. The number of amides is 2. The minimum atomic E-state index is -0.637. The number of primary amides is 1. The lowest BCUT2D eigenvalue weighted by atomic mass is 10.1. The molecule has 0 saturated heterocycles. The Morgan fingerprint density at radius 2 is 1.73 bits per heavy atom. The van der Waals surface area contributed by atoms with Crippen molar-refractivity contribution in [2.45, 2.75) is 0 Å². The first-order valence-electron chi connectivity index (χ1n) is 6.17. The molecule has 0 bridgehead atoms. The first-order chi connectivity index (χ1) is 10.4. The number of nitrogens with one attached hydrogen (secondary N) is 1. The largest absolute Gasteiger partial charge is 0.494 e. The summed E-state index contributed by atoms with van der Waals surface area (Å²) in [6.45, 7) is 0. The molecule has 0 aliphatic rings. The molecule has 0 aromatic heterocycles. The lowest BCUT2D eigenvalue weighted by Gasteiger charge is -2.11. The molecule has 2 aromatic rings. The number of hydrogen-bond donors (Lipinski definition) is 2. The van der Waals surface area contributed by atoms with Crippen molar-refractivity contribution in [1.82, 2.24) is 0 Å². The highest BCUT2D eigenvalue weighted by atomic mass is 35.5. The van der Waals surface area contributed by atoms with Gasteiger partial charge < -0.3 is 15.8 Å². The molecule has 0 saturated carbocycles. The number of methoxy groups -OCH3 is 1. The van der Waals surface area contributed by atoms with E-state index in [2.05, 4.69) is 5.32 Å². The van der Waals surface area contributed by atoms with Gasteiger partial charge in [0, 0.05) is 5.56 Å². The van der Waals surface area contributed by atoms with Gasteiger partial charge in [-0.15, -0.1) is 0 Å². The molecule has 3 N–H and O–H groups in total. The monoisotopic (exact) mass is 338 g/mol. The Hall–Kier alpha value is -2.24. The van der Waals surface area contributed by atoms with Crippen LogP contribution < -0.4 is 15.8 Å². The maximum atomic E-state index is 12.3. The third-order valence-electron chi connectivity index (χ3n) is 2.91. The average Bonchev–Trinajstić information content (AvgIpc) is 2.47. The predicted molar refractivity (Wildman–Crippen MR) is 85.9 cm³/mol. The van der Waals surface area contributed by atoms with Crippen LogP contribution in [-0.4, -0.2) is 18.9 Å². The van der Waals surface area contributed by atoms with E-state index in [4.69, 9.17) is 33.7 Å². The molecule has 0 atom stereocenters. The van der Waals surface area contributed by atoms with Crippen LogP contribution in [-0.2, 0) is 0 Å². The van der Waals surface area contributed by atoms with Crippen molar-refractivity contribution in [2.24, 2.45) is 5.73 Å². The van der Waals surface area contributed by atoms with Crippen molar-refractivity contribution in [3.63, 3.8) is 0 Å². The number of ether oxygens (including phenoxy) is 1. The first kappa shape index (κ1) is 16.1. The SMILES string of the molecule is COc1c(Cl)cc(C(=O)Nc2ccccc2C(N)=O)cc1Cl. The number of benzene rings is 2. The number of rotatable bonds is 4. The summed E-state index contributed by atoms with van der Waals surface area (Å²) in [4.78, 5) is 23.6. The minimum absolute atomic E-state index is 0.210. The second-order valence-corrected chi connectivity index (χ2v) is 5.15. The zero-order chi connectivity index (χ0) is 16.3. The number of anilines is 1. The molecule has 2 amide bonds. The van der Waals surface area contributed by atoms with E-state index < -0.39 is 11.8 Å². The van der Waals surface area contributed by atoms with Crippen molar-refractivity contribution in [1.29, 1.82) is 0 Å². The summed E-state index contributed by atoms with van der Waals surface area (Å²) in [5, 5.41) is 3.03. The highest BCUT2D eigenvalue weighted by Gasteiger charge is 2.15. The highest BCUT2D eigenvalue weighted by molar-refractivity contribution is 6.37. The van der Waals surface area contributed by atoms with E-state index in [0.717, 1.165) is 0 Å². The van der Waals surface area contributed by atoms with E-state index >= 15 is 0 Å². The zero-order valence-electron chi connectivity index (χ0n) is 11.5. The number of nitrogens with two attached hydrogens (primary N) is 1. The molecular formula is C15H12Cl2N2O3. The topological polar surface area (TPSA) is 81.4 Å². The van der Waals surface area contributed by atoms with E-state index in [9.17, 15) is 9.59 Å². The van der Waals surface area contributed by atoms with Gasteiger partial charge in [-0.25, -0.2) is 0 Å². The molecule has 2 aromatic carbocycles. The van der Waals surface area contributed by atoms with Gasteiger partial charge in [0.2, 0.25) is 0 Å². The Morgan fingerprint density at radius 1 is 1.14 bits per heavy atom. The number of halogens is 2. The van der Waals surface area contributed by atoms with Crippen LogP contribution in [0, 0.1) is 0 Å². The van der Waals surface area contributed by atoms with Gasteiger partial charge >= 0.3 is 0 Å². The standard InChI is InChI=1S/C15H12Cl2N2O3/c1-22-13-10(16)6-8(7-11(13)17)15(21)19-12-5-3-2-4-9(12)14(18)20/h2-7H,1H3,(H2,18,20)(H,19,21). The molecule has 0 aliphatic heterocycles. The normalized spacial score (nSPS) is 10.1. The van der Waals surface area contributed by atoms with E-state index in [1.165, 1.54) is 25.3 Å². The van der Waals surface area contributed by atoms with Crippen molar-refractivity contribution < 1.29 is 14.3 Å².